The molecule has 2 heterocycles. The fourth-order valence-corrected chi connectivity index (χ4v) is 4.88. The van der Waals surface area contributed by atoms with Gasteiger partial charge in [-0.2, -0.15) is 0 Å². The van der Waals surface area contributed by atoms with Gasteiger partial charge < -0.3 is 0 Å². The highest BCUT2D eigenvalue weighted by Crippen LogP contribution is 2.25. The molecule has 0 unspecified atom stereocenters. The Balaban J connectivity index is 1.69. The zero-order valence-corrected chi connectivity index (χ0v) is 11.8. The lowest BCUT2D eigenvalue weighted by Gasteiger charge is -1.97. The molecule has 2 aromatic heterocycles. The van der Waals surface area contributed by atoms with E-state index in [9.17, 15) is 0 Å². The predicted octanol–water partition coefficient (Wildman–Crippen LogP) is 5.28. The van der Waals surface area contributed by atoms with Crippen LogP contribution in [0, 0.1) is 0 Å². The molecule has 0 bridgehead atoms. The van der Waals surface area contributed by atoms with Crippen molar-refractivity contribution in [1.82, 2.24) is 0 Å². The minimum Gasteiger partial charge on any atom is -0.0535 e. The standard InChI is InChI=1S/C16H16S2/c1-2-10-17(9-1)13-15-5-7-16(8-6-15)14-18-11-3-4-12-18/h1-12H,13-14H2/q+2. The molecule has 1 aromatic carbocycles. The van der Waals surface area contributed by atoms with Crippen molar-refractivity contribution in [1.29, 1.82) is 0 Å². The zero-order chi connectivity index (χ0) is 12.2. The van der Waals surface area contributed by atoms with Crippen molar-refractivity contribution in [2.45, 2.75) is 11.5 Å². The van der Waals surface area contributed by atoms with Crippen LogP contribution in [0.25, 0.3) is 0 Å². The molecule has 0 radical (unpaired) electrons. The Hall–Kier alpha value is -1.38. The quantitative estimate of drug-likeness (QED) is 0.567. The van der Waals surface area contributed by atoms with Crippen LogP contribution in [0.2, 0.25) is 0 Å². The van der Waals surface area contributed by atoms with Gasteiger partial charge in [-0.3, -0.25) is 0 Å². The highest BCUT2D eigenvalue weighted by atomic mass is 32.2. The molecule has 3 rings (SSSR count). The van der Waals surface area contributed by atoms with Crippen molar-refractivity contribution in [3.8, 4) is 0 Å². The van der Waals surface area contributed by atoms with Crippen molar-refractivity contribution in [3.05, 3.63) is 81.2 Å². The van der Waals surface area contributed by atoms with E-state index in [1.807, 2.05) is 0 Å². The van der Waals surface area contributed by atoms with Gasteiger partial charge in [-0.15, -0.1) is 0 Å². The third kappa shape index (κ3) is 2.89. The van der Waals surface area contributed by atoms with Gasteiger partial charge >= 0.3 is 0 Å². The number of thiophene rings is 2. The second kappa shape index (κ2) is 5.51. The summed E-state index contributed by atoms with van der Waals surface area (Å²) in [7, 11) is 0.659. The molecule has 3 aromatic rings. The maximum Gasteiger partial charge on any atom is 0.152 e. The topological polar surface area (TPSA) is 0 Å². The Kier molecular flexibility index (Phi) is 3.58. The summed E-state index contributed by atoms with van der Waals surface area (Å²) in [6, 6.07) is 17.7. The summed E-state index contributed by atoms with van der Waals surface area (Å²) in [6.07, 6.45) is 0. The SMILES string of the molecule is c1cc[s+](Cc2ccc(C[s+]3cccc3)cc2)c1. The molecule has 0 aliphatic heterocycles. The molecule has 0 N–H and O–H groups in total. The first-order chi connectivity index (χ1) is 8.90. The third-order valence-electron chi connectivity index (χ3n) is 2.93. The van der Waals surface area contributed by atoms with Crippen molar-refractivity contribution < 1.29 is 0 Å². The summed E-state index contributed by atoms with van der Waals surface area (Å²) < 4.78 is 0. The molecule has 2 heteroatoms. The monoisotopic (exact) mass is 272 g/mol. The largest absolute Gasteiger partial charge is 0.152 e. The average Bonchev–Trinajstić information content (AvgIpc) is 3.05. The Morgan fingerprint density at radius 1 is 0.556 bits per heavy atom. The molecule has 0 aliphatic rings. The normalized spacial score (nSPS) is 10.7. The fourth-order valence-electron chi connectivity index (χ4n) is 1.98. The van der Waals surface area contributed by atoms with Gasteiger partial charge in [-0.05, 0) is 45.2 Å². The van der Waals surface area contributed by atoms with Gasteiger partial charge in [0.15, 0.2) is 11.5 Å². The number of benzene rings is 1. The van der Waals surface area contributed by atoms with Crippen LogP contribution >= 0.6 is 20.9 Å². The van der Waals surface area contributed by atoms with Crippen LogP contribution in [0.3, 0.4) is 0 Å². The summed E-state index contributed by atoms with van der Waals surface area (Å²) in [4.78, 5) is 0. The lowest BCUT2D eigenvalue weighted by molar-refractivity contribution is 1.33. The lowest BCUT2D eigenvalue weighted by atomic mass is 10.2. The number of rotatable bonds is 4. The molecule has 0 nitrogen and oxygen atoms in total. The second-order valence-corrected chi connectivity index (χ2v) is 7.90. The molecule has 0 spiro atoms. The van der Waals surface area contributed by atoms with Crippen LogP contribution in [0.15, 0.2) is 70.1 Å². The van der Waals surface area contributed by atoms with Gasteiger partial charge in [0.1, 0.15) is 21.5 Å². The van der Waals surface area contributed by atoms with E-state index in [4.69, 9.17) is 0 Å². The van der Waals surface area contributed by atoms with Crippen LogP contribution in [-0.2, 0) is 11.5 Å². The number of hydrogen-bond donors (Lipinski definition) is 0. The van der Waals surface area contributed by atoms with Gasteiger partial charge in [0.2, 0.25) is 0 Å². The summed E-state index contributed by atoms with van der Waals surface area (Å²) in [5, 5.41) is 9.18. The minimum atomic E-state index is 0.329. The molecule has 90 valence electrons. The summed E-state index contributed by atoms with van der Waals surface area (Å²) in [5.74, 6) is 2.30. The Morgan fingerprint density at radius 2 is 0.889 bits per heavy atom. The smallest absolute Gasteiger partial charge is 0.0535 e. The Labute approximate surface area is 113 Å². The van der Waals surface area contributed by atoms with Crippen LogP contribution in [0.5, 0.6) is 0 Å². The Bertz CT molecular complexity index is 519. The highest BCUT2D eigenvalue weighted by molar-refractivity contribution is 7.28. The maximum atomic E-state index is 2.30. The fraction of sp³-hybridized carbons (Fsp3) is 0.125. The molecular formula is C16H16S2+2. The summed E-state index contributed by atoms with van der Waals surface area (Å²) >= 11 is 0. The number of hydrogen-bond acceptors (Lipinski definition) is 0. The van der Waals surface area contributed by atoms with Crippen LogP contribution in [-0.4, -0.2) is 0 Å². The van der Waals surface area contributed by atoms with E-state index in [1.54, 1.807) is 0 Å². The molecule has 0 fully saturated rings. The van der Waals surface area contributed by atoms with Gasteiger partial charge in [-0.1, -0.05) is 24.3 Å². The molecular weight excluding hydrogens is 256 g/mol. The lowest BCUT2D eigenvalue weighted by Crippen LogP contribution is -1.83. The second-order valence-electron chi connectivity index (χ2n) is 4.36. The molecule has 0 amide bonds. The van der Waals surface area contributed by atoms with Gasteiger partial charge in [0.25, 0.3) is 0 Å². The van der Waals surface area contributed by atoms with Crippen molar-refractivity contribution in [3.63, 3.8) is 0 Å². The van der Waals surface area contributed by atoms with E-state index >= 15 is 0 Å². The highest BCUT2D eigenvalue weighted by Gasteiger charge is 2.06. The third-order valence-corrected chi connectivity index (χ3v) is 6.29. The Morgan fingerprint density at radius 3 is 1.22 bits per heavy atom. The van der Waals surface area contributed by atoms with Gasteiger partial charge in [0.05, 0.1) is 0 Å². The average molecular weight is 272 g/mol. The van der Waals surface area contributed by atoms with E-state index < -0.39 is 0 Å². The maximum absolute atomic E-state index is 2.30. The summed E-state index contributed by atoms with van der Waals surface area (Å²) in [6.45, 7) is 0. The summed E-state index contributed by atoms with van der Waals surface area (Å²) in [5.41, 5.74) is 2.89. The van der Waals surface area contributed by atoms with Crippen molar-refractivity contribution >= 4 is 20.9 Å². The zero-order valence-electron chi connectivity index (χ0n) is 10.2. The van der Waals surface area contributed by atoms with E-state index in [2.05, 4.69) is 70.1 Å². The molecule has 0 atom stereocenters. The van der Waals surface area contributed by atoms with E-state index in [1.165, 1.54) is 11.1 Å². The minimum absolute atomic E-state index is 0.329. The van der Waals surface area contributed by atoms with E-state index in [-0.39, 0.29) is 0 Å². The molecule has 18 heavy (non-hydrogen) atoms. The van der Waals surface area contributed by atoms with Crippen LogP contribution in [0.4, 0.5) is 0 Å². The van der Waals surface area contributed by atoms with Gasteiger partial charge in [0, 0.05) is 11.1 Å². The van der Waals surface area contributed by atoms with E-state index in [0.717, 1.165) is 11.5 Å². The first-order valence-corrected chi connectivity index (χ1v) is 9.09. The van der Waals surface area contributed by atoms with Crippen molar-refractivity contribution in [2.24, 2.45) is 0 Å². The molecule has 0 saturated heterocycles. The van der Waals surface area contributed by atoms with Crippen molar-refractivity contribution in [2.75, 3.05) is 0 Å². The predicted molar refractivity (Wildman–Crippen MR) is 82.5 cm³/mol. The van der Waals surface area contributed by atoms with Crippen LogP contribution < -0.4 is 0 Å². The van der Waals surface area contributed by atoms with Crippen LogP contribution in [0.1, 0.15) is 11.1 Å². The first-order valence-electron chi connectivity index (χ1n) is 6.05. The molecule has 0 saturated carbocycles. The van der Waals surface area contributed by atoms with E-state index in [0.29, 0.717) is 20.9 Å². The first kappa shape index (κ1) is 11.7. The molecule has 0 aliphatic carbocycles. The van der Waals surface area contributed by atoms with Gasteiger partial charge in [-0.25, -0.2) is 0 Å².